The number of benzene rings is 1. The van der Waals surface area contributed by atoms with E-state index >= 15 is 0 Å². The fourth-order valence-electron chi connectivity index (χ4n) is 2.85. The van der Waals surface area contributed by atoms with E-state index in [1.807, 2.05) is 18.2 Å². The van der Waals surface area contributed by atoms with E-state index in [1.54, 1.807) is 6.07 Å². The van der Waals surface area contributed by atoms with Crippen LogP contribution in [0, 0.1) is 0 Å². The third kappa shape index (κ3) is 3.76. The minimum Gasteiger partial charge on any atom is -1.00 e. The van der Waals surface area contributed by atoms with Crippen LogP contribution in [0.4, 0.5) is 0 Å². The quantitative estimate of drug-likeness (QED) is 0.675. The van der Waals surface area contributed by atoms with Gasteiger partial charge in [0.2, 0.25) is 0 Å². The molecule has 1 aromatic carbocycles. The van der Waals surface area contributed by atoms with Crippen molar-refractivity contribution in [2.75, 3.05) is 13.1 Å². The number of carbonyl (C=O) groups excluding carboxylic acids is 2. The highest BCUT2D eigenvalue weighted by Gasteiger charge is 2.42. The van der Waals surface area contributed by atoms with Crippen LogP contribution in [0.3, 0.4) is 0 Å². The zero-order chi connectivity index (χ0) is 14.6. The van der Waals surface area contributed by atoms with Crippen LogP contribution in [0.25, 0.3) is 0 Å². The number of amides is 1. The van der Waals surface area contributed by atoms with Gasteiger partial charge in [-0.25, -0.2) is 0 Å². The molecule has 1 amide bonds. The van der Waals surface area contributed by atoms with Crippen LogP contribution in [0.5, 0.6) is 0 Å². The van der Waals surface area contributed by atoms with Crippen LogP contribution in [0.2, 0.25) is 5.02 Å². The van der Waals surface area contributed by atoms with Crippen molar-refractivity contribution in [2.45, 2.75) is 31.1 Å². The van der Waals surface area contributed by atoms with E-state index in [2.05, 4.69) is 11.1 Å². The third-order valence-electron chi connectivity index (χ3n) is 3.99. The molecule has 1 fully saturated rings. The molecule has 2 rings (SSSR count). The monoisotopic (exact) mass is 330 g/mol. The first-order chi connectivity index (χ1) is 9.60. The van der Waals surface area contributed by atoms with Gasteiger partial charge in [-0.3, -0.25) is 9.59 Å². The van der Waals surface area contributed by atoms with E-state index in [9.17, 15) is 9.59 Å². The molecule has 0 bridgehead atoms. The second-order valence-electron chi connectivity index (χ2n) is 5.22. The fraction of sp³-hybridized carbons (Fsp3) is 0.467. The largest absolute Gasteiger partial charge is 1.00 e. The molecule has 1 aliphatic carbocycles. The molecule has 1 saturated carbocycles. The lowest BCUT2D eigenvalue weighted by molar-refractivity contribution is -0.355. The Balaban J connectivity index is 0.00000220. The Labute approximate surface area is 135 Å². The van der Waals surface area contributed by atoms with Crippen LogP contribution in [-0.2, 0) is 15.0 Å². The second kappa shape index (κ2) is 7.78. The molecule has 0 aromatic heterocycles. The van der Waals surface area contributed by atoms with Crippen LogP contribution in [0.1, 0.15) is 31.2 Å². The Morgan fingerprint density at radius 2 is 2.05 bits per heavy atom. The molecule has 0 aliphatic heterocycles. The van der Waals surface area contributed by atoms with Crippen LogP contribution < -0.4 is 23.5 Å². The standard InChI is InChI=1S/C15H19ClN2O2.ClH/c16-12-6-2-1-5-11(12)15(10-18-14(20)9-17)8-4-3-7-13(15)19;/h1-2,5-6H,3-4,7-10,17H2,(H,18,20);1H/t15-;/m1./s1. The molecule has 0 radical (unpaired) electrons. The summed E-state index contributed by atoms with van der Waals surface area (Å²) in [6.07, 6.45) is 3.16. The summed E-state index contributed by atoms with van der Waals surface area (Å²) in [5.74, 6) is 0.0241. The topological polar surface area (TPSA) is 73.8 Å². The zero-order valence-electron chi connectivity index (χ0n) is 11.8. The number of hydrogen-bond acceptors (Lipinski definition) is 2. The van der Waals surface area contributed by atoms with Gasteiger partial charge >= 0.3 is 0 Å². The molecule has 6 heteroatoms. The van der Waals surface area contributed by atoms with Gasteiger partial charge in [-0.2, -0.15) is 0 Å². The molecule has 1 aliphatic rings. The van der Waals surface area contributed by atoms with Crippen molar-refractivity contribution in [3.8, 4) is 0 Å². The van der Waals surface area contributed by atoms with Crippen molar-refractivity contribution in [2.24, 2.45) is 0 Å². The molecule has 0 spiro atoms. The predicted molar refractivity (Wildman–Crippen MR) is 77.4 cm³/mol. The molecule has 4 N–H and O–H groups in total. The van der Waals surface area contributed by atoms with E-state index in [0.29, 0.717) is 18.0 Å². The van der Waals surface area contributed by atoms with Crippen LogP contribution in [0.15, 0.2) is 24.3 Å². The number of Topliss-reactive ketones (excluding diaryl/α,β-unsaturated/α-hetero) is 1. The first-order valence-electron chi connectivity index (χ1n) is 6.94. The SMILES string of the molecule is [Cl-].[NH3+]CC(=O)NC[C@@]1(c2ccccc2Cl)CCCCC1=O. The Bertz CT molecular complexity index is 522. The van der Waals surface area contributed by atoms with Crippen molar-refractivity contribution >= 4 is 23.3 Å². The molecule has 116 valence electrons. The molecule has 21 heavy (non-hydrogen) atoms. The summed E-state index contributed by atoms with van der Waals surface area (Å²) < 4.78 is 0. The fourth-order valence-corrected chi connectivity index (χ4v) is 3.16. The molecule has 1 aromatic rings. The average Bonchev–Trinajstić information content (AvgIpc) is 2.47. The lowest BCUT2D eigenvalue weighted by atomic mass is 9.68. The highest BCUT2D eigenvalue weighted by molar-refractivity contribution is 6.31. The number of hydrogen-bond donors (Lipinski definition) is 2. The molecule has 0 unspecified atom stereocenters. The number of ketones is 1. The number of rotatable bonds is 4. The van der Waals surface area contributed by atoms with Gasteiger partial charge in [-0.05, 0) is 24.5 Å². The summed E-state index contributed by atoms with van der Waals surface area (Å²) in [5.41, 5.74) is 3.71. The van der Waals surface area contributed by atoms with Crippen LogP contribution >= 0.6 is 11.6 Å². The first-order valence-corrected chi connectivity index (χ1v) is 7.32. The predicted octanol–water partition coefficient (Wildman–Crippen LogP) is -1.92. The summed E-state index contributed by atoms with van der Waals surface area (Å²) in [4.78, 5) is 24.0. The van der Waals surface area contributed by atoms with Gasteiger partial charge in [-0.15, -0.1) is 0 Å². The maximum absolute atomic E-state index is 12.5. The van der Waals surface area contributed by atoms with E-state index in [1.165, 1.54) is 0 Å². The Hall–Kier alpha value is -1.10. The zero-order valence-corrected chi connectivity index (χ0v) is 13.3. The van der Waals surface area contributed by atoms with Crippen molar-refractivity contribution in [1.82, 2.24) is 5.32 Å². The van der Waals surface area contributed by atoms with Crippen molar-refractivity contribution in [3.63, 3.8) is 0 Å². The molecule has 0 heterocycles. The summed E-state index contributed by atoms with van der Waals surface area (Å²) in [6, 6.07) is 7.42. The molecule has 1 atom stereocenters. The molecular formula is C15H20Cl2N2O2. The van der Waals surface area contributed by atoms with E-state index in [-0.39, 0.29) is 30.6 Å². The van der Waals surface area contributed by atoms with Crippen LogP contribution in [-0.4, -0.2) is 24.8 Å². The normalized spacial score (nSPS) is 21.5. The van der Waals surface area contributed by atoms with Gasteiger partial charge in [0.1, 0.15) is 5.78 Å². The highest BCUT2D eigenvalue weighted by atomic mass is 35.5. The van der Waals surface area contributed by atoms with E-state index in [0.717, 1.165) is 24.8 Å². The Kier molecular flexibility index (Phi) is 6.65. The van der Waals surface area contributed by atoms with E-state index in [4.69, 9.17) is 11.6 Å². The minimum absolute atomic E-state index is 0. The van der Waals surface area contributed by atoms with Crippen molar-refractivity contribution in [3.05, 3.63) is 34.9 Å². The minimum atomic E-state index is -0.679. The maximum atomic E-state index is 12.5. The number of quaternary nitrogens is 1. The lowest BCUT2D eigenvalue weighted by Gasteiger charge is -2.36. The third-order valence-corrected chi connectivity index (χ3v) is 4.32. The Morgan fingerprint density at radius 1 is 1.33 bits per heavy atom. The van der Waals surface area contributed by atoms with Gasteiger partial charge in [0.25, 0.3) is 5.91 Å². The Morgan fingerprint density at radius 3 is 2.67 bits per heavy atom. The van der Waals surface area contributed by atoms with Crippen molar-refractivity contribution < 1.29 is 27.7 Å². The second-order valence-corrected chi connectivity index (χ2v) is 5.63. The smallest absolute Gasteiger partial charge is 0.275 e. The number of halogens is 2. The molecule has 4 nitrogen and oxygen atoms in total. The lowest BCUT2D eigenvalue weighted by Crippen LogP contribution is -3.00. The highest BCUT2D eigenvalue weighted by Crippen LogP contribution is 2.39. The maximum Gasteiger partial charge on any atom is 0.275 e. The first kappa shape index (κ1) is 18.0. The summed E-state index contributed by atoms with van der Waals surface area (Å²) in [7, 11) is 0. The van der Waals surface area contributed by atoms with E-state index < -0.39 is 5.41 Å². The number of carbonyl (C=O) groups is 2. The molecular weight excluding hydrogens is 311 g/mol. The van der Waals surface area contributed by atoms with Gasteiger partial charge in [0.05, 0.1) is 5.41 Å². The summed E-state index contributed by atoms with van der Waals surface area (Å²) in [5, 5.41) is 3.41. The summed E-state index contributed by atoms with van der Waals surface area (Å²) >= 11 is 6.28. The summed E-state index contributed by atoms with van der Waals surface area (Å²) in [6.45, 7) is 0.483. The van der Waals surface area contributed by atoms with Gasteiger partial charge in [0.15, 0.2) is 6.54 Å². The average molecular weight is 331 g/mol. The molecule has 0 saturated heterocycles. The van der Waals surface area contributed by atoms with Gasteiger partial charge in [-0.1, -0.05) is 36.2 Å². The van der Waals surface area contributed by atoms with Crippen molar-refractivity contribution in [1.29, 1.82) is 0 Å². The van der Waals surface area contributed by atoms with Gasteiger partial charge in [0, 0.05) is 18.0 Å². The number of nitrogens with one attached hydrogen (secondary N) is 1. The van der Waals surface area contributed by atoms with Gasteiger partial charge < -0.3 is 23.5 Å².